The molecule has 0 aliphatic carbocycles. The fraction of sp³-hybridized carbons (Fsp3) is 0.463. The zero-order chi connectivity index (χ0) is 43.6. The Morgan fingerprint density at radius 2 is 1.20 bits per heavy atom. The number of nitriles is 2. The summed E-state index contributed by atoms with van der Waals surface area (Å²) in [6, 6.07) is 12.1. The second-order valence-corrected chi connectivity index (χ2v) is 16.6. The van der Waals surface area contributed by atoms with Crippen LogP contribution in [0, 0.1) is 54.2 Å². The third kappa shape index (κ3) is 12.4. The third-order valence-electron chi connectivity index (χ3n) is 9.59. The topological polar surface area (TPSA) is 233 Å². The largest absolute Gasteiger partial charge is 0.481 e. The number of nitrogens with one attached hydrogen (secondary N) is 1. The van der Waals surface area contributed by atoms with Crippen molar-refractivity contribution in [2.75, 3.05) is 36.0 Å². The summed E-state index contributed by atoms with van der Waals surface area (Å²) in [6.07, 6.45) is 1.19. The Morgan fingerprint density at radius 3 is 1.58 bits per heavy atom. The number of ether oxygens (including phenoxy) is 2. The molecule has 2 aliphatic heterocycles. The van der Waals surface area contributed by atoms with Crippen molar-refractivity contribution in [3.8, 4) is 12.1 Å². The van der Waals surface area contributed by atoms with Crippen LogP contribution in [-0.2, 0) is 34.8 Å². The van der Waals surface area contributed by atoms with Gasteiger partial charge in [0.15, 0.2) is 0 Å². The van der Waals surface area contributed by atoms with Crippen LogP contribution in [0.5, 0.6) is 0 Å². The van der Waals surface area contributed by atoms with Gasteiger partial charge in [-0.15, -0.1) is 0 Å². The number of benzene rings is 1. The Bertz CT molecular complexity index is 2240. The number of amides is 1. The summed E-state index contributed by atoms with van der Waals surface area (Å²) in [5.41, 5.74) is 2.31. The van der Waals surface area contributed by atoms with E-state index in [-0.39, 0.29) is 34.8 Å². The second-order valence-electron chi connectivity index (χ2n) is 14.8. The number of hydrogen-bond donors (Lipinski definition) is 2. The number of pyridine rings is 2. The van der Waals surface area contributed by atoms with Gasteiger partial charge < -0.3 is 24.4 Å². The van der Waals surface area contributed by atoms with Crippen LogP contribution in [0.3, 0.4) is 0 Å². The maximum absolute atomic E-state index is 13.0. The number of sulfonamides is 1. The molecule has 0 unspecified atom stereocenters. The standard InChI is InChI=1S/C24H27FN4O5S.C17H21N3O4/c1-15(2)34-24(31)21-12-19(13-26)22(27-16(21)3)29-10-8-18(9-11-29)23(30)28-35(32,33)14-17-4-6-20(25)7-5-17;1-10(2)24-17(23)14-8-13(9-18)15(19-11(14)3)20-6-4-12(5-7-20)16(21)22/h4-7,12,15,18H,8-11,14H2,1-3H3,(H,28,30);8,10,12H,4-7H2,1-3H3,(H,21,22). The Labute approximate surface area is 343 Å². The van der Waals surface area contributed by atoms with Crippen LogP contribution >= 0.6 is 0 Å². The summed E-state index contributed by atoms with van der Waals surface area (Å²) in [6.45, 7) is 12.1. The van der Waals surface area contributed by atoms with Gasteiger partial charge in [-0.25, -0.2) is 32.4 Å². The van der Waals surface area contributed by atoms with Crippen LogP contribution in [0.2, 0.25) is 0 Å². The summed E-state index contributed by atoms with van der Waals surface area (Å²) < 4.78 is 50.3. The number of esters is 2. The molecule has 0 saturated carbocycles. The Morgan fingerprint density at radius 1 is 0.797 bits per heavy atom. The molecular weight excluding hydrogens is 786 g/mol. The van der Waals surface area contributed by atoms with E-state index in [2.05, 4.69) is 26.8 Å². The van der Waals surface area contributed by atoms with Crippen LogP contribution in [0.4, 0.5) is 16.0 Å². The van der Waals surface area contributed by atoms with Crippen molar-refractivity contribution in [3.05, 3.63) is 81.4 Å². The van der Waals surface area contributed by atoms with E-state index < -0.39 is 51.3 Å². The van der Waals surface area contributed by atoms with Gasteiger partial charge in [-0.2, -0.15) is 10.5 Å². The van der Waals surface area contributed by atoms with Crippen LogP contribution in [0.15, 0.2) is 36.4 Å². The molecule has 2 saturated heterocycles. The van der Waals surface area contributed by atoms with Crippen LogP contribution in [0.1, 0.15) is 102 Å². The molecule has 3 aromatic rings. The van der Waals surface area contributed by atoms with E-state index >= 15 is 0 Å². The maximum Gasteiger partial charge on any atom is 0.340 e. The number of carboxylic acids is 1. The van der Waals surface area contributed by atoms with Gasteiger partial charge in [0.05, 0.1) is 57.5 Å². The number of nitrogens with zero attached hydrogens (tertiary/aromatic N) is 6. The van der Waals surface area contributed by atoms with Crippen molar-refractivity contribution >= 4 is 45.5 Å². The highest BCUT2D eigenvalue weighted by molar-refractivity contribution is 7.89. The molecule has 18 heteroatoms. The predicted octanol–water partition coefficient (Wildman–Crippen LogP) is 4.96. The number of hydrogen-bond acceptors (Lipinski definition) is 14. The molecule has 5 rings (SSSR count). The lowest BCUT2D eigenvalue weighted by Crippen LogP contribution is -2.43. The Hall–Kier alpha value is -6.14. The molecule has 16 nitrogen and oxygen atoms in total. The van der Waals surface area contributed by atoms with Crippen molar-refractivity contribution in [3.63, 3.8) is 0 Å². The molecule has 2 N–H and O–H groups in total. The van der Waals surface area contributed by atoms with E-state index in [1.807, 2.05) is 9.80 Å². The van der Waals surface area contributed by atoms with Crippen molar-refractivity contribution in [1.82, 2.24) is 14.7 Å². The molecule has 2 aromatic heterocycles. The average Bonchev–Trinajstić information content (AvgIpc) is 3.18. The molecule has 2 aliphatic rings. The van der Waals surface area contributed by atoms with Gasteiger partial charge in [-0.05, 0) is 97.1 Å². The highest BCUT2D eigenvalue weighted by Gasteiger charge is 2.31. The lowest BCUT2D eigenvalue weighted by atomic mass is 9.96. The highest BCUT2D eigenvalue weighted by atomic mass is 32.2. The second kappa shape index (κ2) is 20.0. The first-order chi connectivity index (χ1) is 27.8. The Balaban J connectivity index is 0.000000280. The monoisotopic (exact) mass is 833 g/mol. The molecule has 1 aromatic carbocycles. The van der Waals surface area contributed by atoms with Gasteiger partial charge in [0.25, 0.3) is 0 Å². The van der Waals surface area contributed by atoms with Crippen LogP contribution < -0.4 is 14.5 Å². The smallest absolute Gasteiger partial charge is 0.340 e. The number of anilines is 2. The third-order valence-corrected chi connectivity index (χ3v) is 10.8. The highest BCUT2D eigenvalue weighted by Crippen LogP contribution is 2.29. The zero-order valence-electron chi connectivity index (χ0n) is 33.8. The molecule has 0 radical (unpaired) electrons. The number of aromatic nitrogens is 2. The summed E-state index contributed by atoms with van der Waals surface area (Å²) in [7, 11) is -3.93. The number of halogens is 1. The molecule has 314 valence electrons. The number of carbonyl (C=O) groups is 4. The van der Waals surface area contributed by atoms with Gasteiger partial charge in [-0.1, -0.05) is 12.1 Å². The SMILES string of the molecule is Cc1nc(N2CCC(C(=O)NS(=O)(=O)Cc3ccc(F)cc3)CC2)c(C#N)cc1C(=O)OC(C)C.Cc1nc(N2CCC(C(=O)O)CC2)c(C#N)cc1C(=O)OC(C)C. The average molecular weight is 834 g/mol. The van der Waals surface area contributed by atoms with Gasteiger partial charge in [0.1, 0.15) is 29.6 Å². The van der Waals surface area contributed by atoms with Gasteiger partial charge >= 0.3 is 17.9 Å². The number of piperidine rings is 2. The predicted molar refractivity (Wildman–Crippen MR) is 213 cm³/mol. The quantitative estimate of drug-likeness (QED) is 0.243. The molecule has 4 heterocycles. The van der Waals surface area contributed by atoms with E-state index in [4.69, 9.17) is 14.6 Å². The fourth-order valence-electron chi connectivity index (χ4n) is 6.56. The molecule has 0 atom stereocenters. The molecule has 0 bridgehead atoms. The first-order valence-electron chi connectivity index (χ1n) is 19.1. The number of carboxylic acid groups (broad SMARTS) is 1. The van der Waals surface area contributed by atoms with Crippen molar-refractivity contribution in [1.29, 1.82) is 10.5 Å². The molecule has 59 heavy (non-hydrogen) atoms. The van der Waals surface area contributed by atoms with Crippen molar-refractivity contribution < 1.29 is 46.6 Å². The zero-order valence-corrected chi connectivity index (χ0v) is 34.6. The molecule has 2 fully saturated rings. The molecule has 0 spiro atoms. The summed E-state index contributed by atoms with van der Waals surface area (Å²) in [5.74, 6) is -3.31. The number of aryl methyl sites for hydroxylation is 2. The van der Waals surface area contributed by atoms with Gasteiger partial charge in [-0.3, -0.25) is 14.3 Å². The normalized spacial score (nSPS) is 14.8. The minimum atomic E-state index is -3.93. The van der Waals surface area contributed by atoms with E-state index in [0.29, 0.717) is 86.0 Å². The number of aliphatic carboxylic acids is 1. The first-order valence-corrected chi connectivity index (χ1v) is 20.7. The maximum atomic E-state index is 13.0. The molecular formula is C41H48FN7O9S. The minimum absolute atomic E-state index is 0.219. The van der Waals surface area contributed by atoms with Gasteiger partial charge in [0.2, 0.25) is 15.9 Å². The number of carbonyl (C=O) groups excluding carboxylic acids is 3. The lowest BCUT2D eigenvalue weighted by molar-refractivity contribution is -0.142. The lowest BCUT2D eigenvalue weighted by Gasteiger charge is -2.32. The summed E-state index contributed by atoms with van der Waals surface area (Å²) in [4.78, 5) is 60.7. The van der Waals surface area contributed by atoms with E-state index in [1.165, 1.54) is 24.3 Å². The van der Waals surface area contributed by atoms with Crippen LogP contribution in [-0.4, -0.2) is 85.7 Å². The van der Waals surface area contributed by atoms with E-state index in [9.17, 15) is 42.5 Å². The van der Waals surface area contributed by atoms with Gasteiger partial charge in [0, 0.05) is 32.1 Å². The first kappa shape index (κ1) is 45.6. The van der Waals surface area contributed by atoms with E-state index in [1.54, 1.807) is 41.5 Å². The molecule has 1 amide bonds. The Kier molecular flexibility index (Phi) is 15.5. The fourth-order valence-corrected chi connectivity index (χ4v) is 7.74. The van der Waals surface area contributed by atoms with E-state index in [0.717, 1.165) is 12.1 Å². The summed E-state index contributed by atoms with van der Waals surface area (Å²) in [5, 5.41) is 28.1. The van der Waals surface area contributed by atoms with Crippen molar-refractivity contribution in [2.45, 2.75) is 85.2 Å². The van der Waals surface area contributed by atoms with Crippen molar-refractivity contribution in [2.24, 2.45) is 11.8 Å². The van der Waals surface area contributed by atoms with Crippen LogP contribution in [0.25, 0.3) is 0 Å². The summed E-state index contributed by atoms with van der Waals surface area (Å²) >= 11 is 0. The minimum Gasteiger partial charge on any atom is -0.481 e. The number of rotatable bonds is 11.